The van der Waals surface area contributed by atoms with Gasteiger partial charge >= 0.3 is 5.97 Å². The Hall–Kier alpha value is -1.96. The predicted octanol–water partition coefficient (Wildman–Crippen LogP) is 2.82. The summed E-state index contributed by atoms with van der Waals surface area (Å²) in [6.45, 7) is 0. The van der Waals surface area contributed by atoms with Gasteiger partial charge in [-0.2, -0.15) is 5.10 Å². The molecule has 0 aliphatic rings. The van der Waals surface area contributed by atoms with Gasteiger partial charge in [-0.3, -0.25) is 5.10 Å². The number of aromatic carboxylic acids is 1. The highest BCUT2D eigenvalue weighted by Crippen LogP contribution is 2.37. The highest BCUT2D eigenvalue weighted by molar-refractivity contribution is 9.10. The zero-order chi connectivity index (χ0) is 14.2. The standard InChI is InChI=1S/C11H7BrF2N2O3/c1-19-10-4(2-5(13)8(12)9(10)14)6-3-7(11(17)18)16-15-6/h2-3H,1H3,(H,15,16)(H,17,18). The van der Waals surface area contributed by atoms with Crippen LogP contribution in [0.4, 0.5) is 8.78 Å². The quantitative estimate of drug-likeness (QED) is 0.847. The molecule has 0 aliphatic carbocycles. The van der Waals surface area contributed by atoms with Crippen LogP contribution in [0.3, 0.4) is 0 Å². The van der Waals surface area contributed by atoms with Crippen LogP contribution in [0.5, 0.6) is 5.75 Å². The van der Waals surface area contributed by atoms with E-state index in [0.29, 0.717) is 0 Å². The highest BCUT2D eigenvalue weighted by atomic mass is 79.9. The van der Waals surface area contributed by atoms with Gasteiger partial charge in [0.15, 0.2) is 11.6 Å². The first-order valence-corrected chi connectivity index (χ1v) is 5.75. The largest absolute Gasteiger partial charge is 0.493 e. The van der Waals surface area contributed by atoms with Crippen LogP contribution in [0, 0.1) is 11.6 Å². The molecule has 0 unspecified atom stereocenters. The van der Waals surface area contributed by atoms with Crippen molar-refractivity contribution in [3.63, 3.8) is 0 Å². The molecule has 0 amide bonds. The van der Waals surface area contributed by atoms with Crippen LogP contribution in [0.1, 0.15) is 10.5 Å². The molecule has 0 saturated heterocycles. The van der Waals surface area contributed by atoms with Crippen LogP contribution >= 0.6 is 15.9 Å². The first-order valence-electron chi connectivity index (χ1n) is 4.96. The van der Waals surface area contributed by atoms with Gasteiger partial charge in [0, 0.05) is 0 Å². The van der Waals surface area contributed by atoms with Crippen LogP contribution in [0.15, 0.2) is 16.6 Å². The number of aromatic nitrogens is 2. The van der Waals surface area contributed by atoms with Gasteiger partial charge in [0.25, 0.3) is 0 Å². The van der Waals surface area contributed by atoms with Gasteiger partial charge in [0.2, 0.25) is 0 Å². The summed E-state index contributed by atoms with van der Waals surface area (Å²) >= 11 is 2.75. The number of benzene rings is 1. The zero-order valence-corrected chi connectivity index (χ0v) is 11.1. The van der Waals surface area contributed by atoms with Crippen molar-refractivity contribution >= 4 is 21.9 Å². The lowest BCUT2D eigenvalue weighted by Crippen LogP contribution is -1.96. The van der Waals surface area contributed by atoms with E-state index in [1.54, 1.807) is 0 Å². The molecule has 8 heteroatoms. The molecule has 0 spiro atoms. The summed E-state index contributed by atoms with van der Waals surface area (Å²) in [6.07, 6.45) is 0. The number of H-pyrrole nitrogens is 1. The molecule has 2 N–H and O–H groups in total. The molecule has 0 fully saturated rings. The number of nitrogens with one attached hydrogen (secondary N) is 1. The van der Waals surface area contributed by atoms with Crippen molar-refractivity contribution in [2.75, 3.05) is 7.11 Å². The summed E-state index contributed by atoms with van der Waals surface area (Å²) in [6, 6.07) is 2.17. The fourth-order valence-corrected chi connectivity index (χ4v) is 1.83. The third-order valence-corrected chi connectivity index (χ3v) is 3.13. The lowest BCUT2D eigenvalue weighted by atomic mass is 10.1. The van der Waals surface area contributed by atoms with Crippen molar-refractivity contribution in [1.82, 2.24) is 10.2 Å². The molecule has 1 aromatic heterocycles. The second-order valence-electron chi connectivity index (χ2n) is 3.54. The molecule has 100 valence electrons. The minimum Gasteiger partial charge on any atom is -0.493 e. The second-order valence-corrected chi connectivity index (χ2v) is 4.33. The summed E-state index contributed by atoms with van der Waals surface area (Å²) in [5, 5.41) is 14.7. The topological polar surface area (TPSA) is 75.2 Å². The summed E-state index contributed by atoms with van der Waals surface area (Å²) in [5.74, 6) is -3.21. The lowest BCUT2D eigenvalue weighted by molar-refractivity contribution is 0.0690. The second kappa shape index (κ2) is 4.96. The molecule has 19 heavy (non-hydrogen) atoms. The molecule has 1 heterocycles. The molecule has 0 radical (unpaired) electrons. The Morgan fingerprint density at radius 2 is 2.16 bits per heavy atom. The number of rotatable bonds is 3. The molecule has 0 atom stereocenters. The van der Waals surface area contributed by atoms with E-state index in [2.05, 4.69) is 26.1 Å². The highest BCUT2D eigenvalue weighted by Gasteiger charge is 2.21. The minimum atomic E-state index is -1.23. The zero-order valence-electron chi connectivity index (χ0n) is 9.50. The van der Waals surface area contributed by atoms with Crippen molar-refractivity contribution in [3.8, 4) is 17.0 Å². The van der Waals surface area contributed by atoms with E-state index in [1.165, 1.54) is 7.11 Å². The number of carbonyl (C=O) groups is 1. The van der Waals surface area contributed by atoms with E-state index in [-0.39, 0.29) is 27.2 Å². The number of carboxylic acids is 1. The third-order valence-electron chi connectivity index (χ3n) is 2.41. The maximum atomic E-state index is 13.8. The molecular formula is C11H7BrF2N2O3. The first kappa shape index (κ1) is 13.5. The van der Waals surface area contributed by atoms with Crippen LogP contribution in [-0.4, -0.2) is 28.4 Å². The maximum Gasteiger partial charge on any atom is 0.353 e. The average molecular weight is 333 g/mol. The van der Waals surface area contributed by atoms with E-state index >= 15 is 0 Å². The normalized spacial score (nSPS) is 10.5. The molecule has 2 aromatic rings. The number of carboxylic acid groups (broad SMARTS) is 1. The summed E-state index contributed by atoms with van der Waals surface area (Å²) in [4.78, 5) is 10.7. The molecule has 2 rings (SSSR count). The van der Waals surface area contributed by atoms with Gasteiger partial charge in [-0.05, 0) is 28.1 Å². The van der Waals surface area contributed by atoms with Crippen LogP contribution < -0.4 is 4.74 Å². The van der Waals surface area contributed by atoms with E-state index in [1.807, 2.05) is 0 Å². The molecule has 5 nitrogen and oxygen atoms in total. The fourth-order valence-electron chi connectivity index (χ4n) is 1.54. The predicted molar refractivity (Wildman–Crippen MR) is 65.2 cm³/mol. The monoisotopic (exact) mass is 332 g/mol. The van der Waals surface area contributed by atoms with Gasteiger partial charge < -0.3 is 9.84 Å². The SMILES string of the molecule is COc1c(-c2cc(C(=O)O)[nH]n2)cc(F)c(Br)c1F. The van der Waals surface area contributed by atoms with Gasteiger partial charge in [-0.25, -0.2) is 13.6 Å². The number of hydrogen-bond acceptors (Lipinski definition) is 3. The van der Waals surface area contributed by atoms with Gasteiger partial charge in [-0.15, -0.1) is 0 Å². The average Bonchev–Trinajstić information content (AvgIpc) is 2.85. The Kier molecular flexibility index (Phi) is 3.52. The molecular weight excluding hydrogens is 326 g/mol. The lowest BCUT2D eigenvalue weighted by Gasteiger charge is -2.09. The van der Waals surface area contributed by atoms with Gasteiger partial charge in [0.1, 0.15) is 11.5 Å². The maximum absolute atomic E-state index is 13.8. The molecule has 0 bridgehead atoms. The van der Waals surface area contributed by atoms with Crippen LogP contribution in [-0.2, 0) is 0 Å². The van der Waals surface area contributed by atoms with E-state index in [0.717, 1.165) is 12.1 Å². The summed E-state index contributed by atoms with van der Waals surface area (Å²) in [7, 11) is 1.22. The fraction of sp³-hybridized carbons (Fsp3) is 0.0909. The van der Waals surface area contributed by atoms with E-state index < -0.39 is 17.6 Å². The number of halogens is 3. The third kappa shape index (κ3) is 2.30. The van der Waals surface area contributed by atoms with Crippen LogP contribution in [0.2, 0.25) is 0 Å². The van der Waals surface area contributed by atoms with Gasteiger partial charge in [-0.1, -0.05) is 0 Å². The van der Waals surface area contributed by atoms with Crippen molar-refractivity contribution in [2.24, 2.45) is 0 Å². The van der Waals surface area contributed by atoms with Crippen LogP contribution in [0.25, 0.3) is 11.3 Å². The Morgan fingerprint density at radius 1 is 1.47 bits per heavy atom. The first-order chi connectivity index (χ1) is 8.95. The number of aromatic amines is 1. The summed E-state index contributed by atoms with van der Waals surface area (Å²) < 4.78 is 31.8. The van der Waals surface area contributed by atoms with E-state index in [9.17, 15) is 13.6 Å². The Labute approximate surface area is 114 Å². The van der Waals surface area contributed by atoms with Crippen molar-refractivity contribution in [3.05, 3.63) is 33.9 Å². The number of ether oxygens (including phenoxy) is 1. The van der Waals surface area contributed by atoms with E-state index in [4.69, 9.17) is 9.84 Å². The number of methoxy groups -OCH3 is 1. The van der Waals surface area contributed by atoms with Gasteiger partial charge in [0.05, 0.1) is 22.8 Å². The van der Waals surface area contributed by atoms with Crippen molar-refractivity contribution in [1.29, 1.82) is 0 Å². The smallest absolute Gasteiger partial charge is 0.353 e. The molecule has 1 aromatic carbocycles. The Balaban J connectivity index is 2.63. The Bertz CT molecular complexity index is 658. The minimum absolute atomic E-state index is 0.0180. The molecule has 0 aliphatic heterocycles. The van der Waals surface area contributed by atoms with Crippen molar-refractivity contribution in [2.45, 2.75) is 0 Å². The number of hydrogen-bond donors (Lipinski definition) is 2. The Morgan fingerprint density at radius 3 is 2.68 bits per heavy atom. The molecule has 0 saturated carbocycles. The summed E-state index contributed by atoms with van der Waals surface area (Å²) in [5.41, 5.74) is -0.107. The number of nitrogens with zero attached hydrogens (tertiary/aromatic N) is 1. The van der Waals surface area contributed by atoms with Crippen molar-refractivity contribution < 1.29 is 23.4 Å².